The van der Waals surface area contributed by atoms with Gasteiger partial charge in [-0.05, 0) is 41.1 Å². The fourth-order valence-corrected chi connectivity index (χ4v) is 2.03. The van der Waals surface area contributed by atoms with Crippen LogP contribution in [0, 0.1) is 22.8 Å². The van der Waals surface area contributed by atoms with Gasteiger partial charge in [-0.1, -0.05) is 11.6 Å². The Balaban J connectivity index is 0.00000225. The van der Waals surface area contributed by atoms with E-state index < -0.39 is 12.4 Å². The Morgan fingerprint density at radius 1 is 1.38 bits per heavy atom. The number of rotatable bonds is 2. The Morgan fingerprint density at radius 2 is 1.94 bits per heavy atom. The number of hydrogen-bond acceptors (Lipinski definition) is 0. The van der Waals surface area contributed by atoms with Crippen molar-refractivity contribution in [2.45, 2.75) is 13.3 Å². The average Bonchev–Trinajstić information content (AvgIpc) is 2.09. The molecule has 1 aromatic carbocycles. The molecule has 80 valence electrons. The van der Waals surface area contributed by atoms with E-state index in [1.165, 1.54) is 6.92 Å². The summed E-state index contributed by atoms with van der Waals surface area (Å²) in [6.07, 6.45) is 5.31. The van der Waals surface area contributed by atoms with Gasteiger partial charge in [0.15, 0.2) is 0 Å². The molecule has 0 atom stereocenters. The Kier molecular flexibility index (Phi) is 7.23. The molecule has 0 aliphatic carbocycles. The van der Waals surface area contributed by atoms with Crippen LogP contribution in [0.5, 0.6) is 0 Å². The van der Waals surface area contributed by atoms with E-state index in [-0.39, 0.29) is 63.4 Å². The summed E-state index contributed by atoms with van der Waals surface area (Å²) >= 11 is 1.90. The SMILES string of the molecule is C#CCc1cc(I)c(C)c([B-](F)(F)F)c1.[K+]. The number of halogens is 4. The van der Waals surface area contributed by atoms with Crippen LogP contribution in [0.15, 0.2) is 12.1 Å². The maximum Gasteiger partial charge on any atom is 1.00 e. The molecule has 0 nitrogen and oxygen atoms in total. The Morgan fingerprint density at radius 3 is 2.38 bits per heavy atom. The number of hydrogen-bond donors (Lipinski definition) is 0. The van der Waals surface area contributed by atoms with Crippen LogP contribution in [0.3, 0.4) is 0 Å². The zero-order valence-corrected chi connectivity index (χ0v) is 14.3. The maximum absolute atomic E-state index is 12.7. The van der Waals surface area contributed by atoms with Gasteiger partial charge in [0.1, 0.15) is 0 Å². The summed E-state index contributed by atoms with van der Waals surface area (Å²) in [5.74, 6) is 2.35. The molecule has 0 spiro atoms. The van der Waals surface area contributed by atoms with Crippen molar-refractivity contribution in [3.8, 4) is 12.3 Å². The Labute approximate surface area is 149 Å². The molecule has 6 heteroatoms. The van der Waals surface area contributed by atoms with Gasteiger partial charge in [0, 0.05) is 9.99 Å². The fourth-order valence-electron chi connectivity index (χ4n) is 1.32. The fraction of sp³-hybridized carbons (Fsp3) is 0.200. The molecule has 0 bridgehead atoms. The van der Waals surface area contributed by atoms with E-state index in [9.17, 15) is 12.9 Å². The van der Waals surface area contributed by atoms with Gasteiger partial charge in [-0.15, -0.1) is 17.8 Å². The summed E-state index contributed by atoms with van der Waals surface area (Å²) in [5.41, 5.74) is 0.290. The minimum Gasteiger partial charge on any atom is -0.445 e. The zero-order chi connectivity index (χ0) is 11.6. The third-order valence-corrected chi connectivity index (χ3v) is 3.22. The van der Waals surface area contributed by atoms with E-state index in [0.29, 0.717) is 9.13 Å². The Hall–Kier alpha value is 1.00. The molecular formula is C10H8BF3IK. The second-order valence-corrected chi connectivity index (χ2v) is 4.41. The third-order valence-electron chi connectivity index (χ3n) is 2.10. The first-order chi connectivity index (χ1) is 6.86. The van der Waals surface area contributed by atoms with Crippen molar-refractivity contribution in [3.63, 3.8) is 0 Å². The molecule has 0 saturated carbocycles. The van der Waals surface area contributed by atoms with Crippen molar-refractivity contribution < 1.29 is 64.3 Å². The molecule has 0 fully saturated rings. The molecule has 1 rings (SSSR count). The molecule has 0 saturated heterocycles. The van der Waals surface area contributed by atoms with Crippen LogP contribution in [-0.4, -0.2) is 6.98 Å². The summed E-state index contributed by atoms with van der Waals surface area (Å²) in [5, 5.41) is 0. The largest absolute Gasteiger partial charge is 1.00 e. The second-order valence-electron chi connectivity index (χ2n) is 3.25. The summed E-state index contributed by atoms with van der Waals surface area (Å²) in [7, 11) is 0. The summed E-state index contributed by atoms with van der Waals surface area (Å²) < 4.78 is 38.6. The Bertz CT molecular complexity index is 423. The summed E-state index contributed by atoms with van der Waals surface area (Å²) in [4.78, 5) is 0. The van der Waals surface area contributed by atoms with Crippen LogP contribution in [0.4, 0.5) is 12.9 Å². The first kappa shape index (κ1) is 17.0. The predicted molar refractivity (Wildman–Crippen MR) is 65.1 cm³/mol. The summed E-state index contributed by atoms with van der Waals surface area (Å²) in [6.45, 7) is -3.48. The van der Waals surface area contributed by atoms with Gasteiger partial charge in [0.2, 0.25) is 0 Å². The monoisotopic (exact) mass is 362 g/mol. The van der Waals surface area contributed by atoms with Crippen LogP contribution >= 0.6 is 22.6 Å². The van der Waals surface area contributed by atoms with Crippen molar-refractivity contribution in [1.29, 1.82) is 0 Å². The smallest absolute Gasteiger partial charge is 0.445 e. The van der Waals surface area contributed by atoms with Gasteiger partial charge >= 0.3 is 58.4 Å². The van der Waals surface area contributed by atoms with Crippen LogP contribution in [0.2, 0.25) is 0 Å². The van der Waals surface area contributed by atoms with Gasteiger partial charge < -0.3 is 12.9 Å². The van der Waals surface area contributed by atoms with Crippen molar-refractivity contribution >= 4 is 35.0 Å². The maximum atomic E-state index is 12.7. The second kappa shape index (κ2) is 6.81. The van der Waals surface area contributed by atoms with Crippen molar-refractivity contribution in [3.05, 3.63) is 26.8 Å². The van der Waals surface area contributed by atoms with E-state index >= 15 is 0 Å². The van der Waals surface area contributed by atoms with Gasteiger partial charge in [0.25, 0.3) is 0 Å². The molecule has 0 unspecified atom stereocenters. The van der Waals surface area contributed by atoms with Crippen molar-refractivity contribution in [1.82, 2.24) is 0 Å². The number of terminal acetylenes is 1. The molecular weight excluding hydrogens is 354 g/mol. The quantitative estimate of drug-likeness (QED) is 0.390. The van der Waals surface area contributed by atoms with E-state index in [4.69, 9.17) is 6.42 Å². The first-order valence-corrected chi connectivity index (χ1v) is 5.36. The van der Waals surface area contributed by atoms with Crippen molar-refractivity contribution in [2.75, 3.05) is 0 Å². The summed E-state index contributed by atoms with van der Waals surface area (Å²) in [6, 6.07) is 2.85. The van der Waals surface area contributed by atoms with E-state index in [0.717, 1.165) is 6.07 Å². The topological polar surface area (TPSA) is 0 Å². The van der Waals surface area contributed by atoms with Crippen molar-refractivity contribution in [2.24, 2.45) is 0 Å². The van der Waals surface area contributed by atoms with Crippen LogP contribution in [-0.2, 0) is 6.42 Å². The van der Waals surface area contributed by atoms with E-state index in [2.05, 4.69) is 5.92 Å². The molecule has 0 aliphatic heterocycles. The van der Waals surface area contributed by atoms with E-state index in [1.807, 2.05) is 22.6 Å². The normalized spacial score (nSPS) is 10.5. The van der Waals surface area contributed by atoms with Gasteiger partial charge in [-0.2, -0.15) is 0 Å². The molecule has 0 amide bonds. The average molecular weight is 362 g/mol. The molecule has 0 aliphatic rings. The van der Waals surface area contributed by atoms with Gasteiger partial charge in [-0.3, -0.25) is 0 Å². The van der Waals surface area contributed by atoms with Crippen LogP contribution in [0.25, 0.3) is 0 Å². The molecule has 0 N–H and O–H groups in total. The molecule has 1 aromatic rings. The molecule has 0 heterocycles. The number of benzene rings is 1. The minimum atomic E-state index is -4.96. The molecule has 16 heavy (non-hydrogen) atoms. The first-order valence-electron chi connectivity index (χ1n) is 4.28. The van der Waals surface area contributed by atoms with Crippen LogP contribution in [0.1, 0.15) is 11.1 Å². The minimum absolute atomic E-state index is 0. The van der Waals surface area contributed by atoms with Crippen LogP contribution < -0.4 is 56.8 Å². The molecule has 0 radical (unpaired) electrons. The van der Waals surface area contributed by atoms with Gasteiger partial charge in [-0.25, -0.2) is 0 Å². The van der Waals surface area contributed by atoms with Gasteiger partial charge in [0.05, 0.1) is 0 Å². The third kappa shape index (κ3) is 4.35. The predicted octanol–water partition coefficient (Wildman–Crippen LogP) is -0.166. The zero-order valence-electron chi connectivity index (χ0n) is 9.03. The molecule has 0 aromatic heterocycles. The standard InChI is InChI=1S/C10H8BF3I.K/c1-3-4-8-5-9(11(12,13)14)7(2)10(15)6-8;/h1,5-6H,4H2,2H3;/q-1;+1. The van der Waals surface area contributed by atoms with E-state index in [1.54, 1.807) is 6.07 Å².